The van der Waals surface area contributed by atoms with Gasteiger partial charge in [0, 0.05) is 24.5 Å². The van der Waals surface area contributed by atoms with Gasteiger partial charge in [-0.1, -0.05) is 20.8 Å². The van der Waals surface area contributed by atoms with Crippen LogP contribution in [0.15, 0.2) is 6.20 Å². The van der Waals surface area contributed by atoms with E-state index in [1.54, 1.807) is 0 Å². The molecule has 0 amide bonds. The van der Waals surface area contributed by atoms with Gasteiger partial charge >= 0.3 is 0 Å². The Morgan fingerprint density at radius 2 is 1.83 bits per heavy atom. The molecule has 0 aromatic carbocycles. The van der Waals surface area contributed by atoms with E-state index in [0.717, 1.165) is 11.3 Å². The Morgan fingerprint density at radius 1 is 1.28 bits per heavy atom. The molecule has 0 atom stereocenters. The van der Waals surface area contributed by atoms with Crippen LogP contribution in [0.3, 0.4) is 0 Å². The standard InChI is InChI=1S/C14H22F2N2/c1-10-9-18(17-12(10)13(2,3)4)11-5-7-14(15,16)8-6-11/h9,11H,5-8H2,1-4H3. The molecular formula is C14H22F2N2. The molecule has 1 aromatic heterocycles. The van der Waals surface area contributed by atoms with Crippen LogP contribution in [-0.2, 0) is 5.41 Å². The van der Waals surface area contributed by atoms with Gasteiger partial charge in [-0.15, -0.1) is 0 Å². The molecule has 0 N–H and O–H groups in total. The summed E-state index contributed by atoms with van der Waals surface area (Å²) in [6.07, 6.45) is 3.03. The summed E-state index contributed by atoms with van der Waals surface area (Å²) in [5.41, 5.74) is 2.23. The molecule has 2 rings (SSSR count). The zero-order valence-electron chi connectivity index (χ0n) is 11.6. The van der Waals surface area contributed by atoms with Crippen molar-refractivity contribution in [1.29, 1.82) is 0 Å². The van der Waals surface area contributed by atoms with Gasteiger partial charge in [-0.3, -0.25) is 4.68 Å². The molecule has 1 heterocycles. The Hall–Kier alpha value is -0.930. The van der Waals surface area contributed by atoms with Crippen LogP contribution < -0.4 is 0 Å². The first-order chi connectivity index (χ1) is 8.19. The third kappa shape index (κ3) is 2.73. The minimum Gasteiger partial charge on any atom is -0.269 e. The van der Waals surface area contributed by atoms with Gasteiger partial charge in [-0.05, 0) is 25.3 Å². The first-order valence-electron chi connectivity index (χ1n) is 6.63. The second-order valence-electron chi connectivity index (χ2n) is 6.48. The fourth-order valence-electron chi connectivity index (χ4n) is 2.70. The maximum atomic E-state index is 13.1. The van der Waals surface area contributed by atoms with Crippen LogP contribution in [0.2, 0.25) is 0 Å². The molecule has 0 saturated heterocycles. The summed E-state index contributed by atoms with van der Waals surface area (Å²) >= 11 is 0. The van der Waals surface area contributed by atoms with Gasteiger partial charge in [0.1, 0.15) is 0 Å². The molecule has 0 bridgehead atoms. The summed E-state index contributed by atoms with van der Waals surface area (Å²) in [7, 11) is 0. The number of rotatable bonds is 1. The average molecular weight is 256 g/mol. The van der Waals surface area contributed by atoms with E-state index >= 15 is 0 Å². The molecule has 0 spiro atoms. The molecule has 1 aliphatic carbocycles. The highest BCUT2D eigenvalue weighted by atomic mass is 19.3. The molecule has 0 radical (unpaired) electrons. The predicted molar refractivity (Wildman–Crippen MR) is 68.1 cm³/mol. The maximum Gasteiger partial charge on any atom is 0.248 e. The summed E-state index contributed by atoms with van der Waals surface area (Å²) in [6, 6.07) is 0.138. The Morgan fingerprint density at radius 3 is 2.28 bits per heavy atom. The number of hydrogen-bond acceptors (Lipinski definition) is 1. The molecule has 2 nitrogen and oxygen atoms in total. The van der Waals surface area contributed by atoms with Crippen molar-refractivity contribution in [3.05, 3.63) is 17.5 Å². The van der Waals surface area contributed by atoms with Crippen LogP contribution in [0, 0.1) is 6.92 Å². The Kier molecular flexibility index (Phi) is 3.24. The zero-order chi connectivity index (χ0) is 13.6. The van der Waals surface area contributed by atoms with E-state index in [2.05, 4.69) is 25.9 Å². The molecule has 1 aliphatic rings. The molecule has 4 heteroatoms. The van der Waals surface area contributed by atoms with Crippen molar-refractivity contribution in [3.8, 4) is 0 Å². The molecule has 0 unspecified atom stereocenters. The smallest absolute Gasteiger partial charge is 0.248 e. The topological polar surface area (TPSA) is 17.8 Å². The lowest BCUT2D eigenvalue weighted by Crippen LogP contribution is -2.26. The van der Waals surface area contributed by atoms with Gasteiger partial charge in [-0.25, -0.2) is 8.78 Å². The Balaban J connectivity index is 2.16. The lowest BCUT2D eigenvalue weighted by atomic mass is 9.90. The lowest BCUT2D eigenvalue weighted by Gasteiger charge is -2.28. The summed E-state index contributed by atoms with van der Waals surface area (Å²) in [5.74, 6) is -2.47. The second kappa shape index (κ2) is 4.32. The summed E-state index contributed by atoms with van der Waals surface area (Å²) < 4.78 is 28.2. The van der Waals surface area contributed by atoms with Crippen LogP contribution in [0.1, 0.15) is 63.8 Å². The van der Waals surface area contributed by atoms with Crippen molar-refractivity contribution in [2.24, 2.45) is 0 Å². The first-order valence-corrected chi connectivity index (χ1v) is 6.63. The molecule has 1 aromatic rings. The Labute approximate surface area is 107 Å². The summed E-state index contributed by atoms with van der Waals surface area (Å²) in [5, 5.41) is 4.62. The quantitative estimate of drug-likeness (QED) is 0.735. The van der Waals surface area contributed by atoms with Crippen molar-refractivity contribution in [3.63, 3.8) is 0 Å². The number of halogens is 2. The number of hydrogen-bond donors (Lipinski definition) is 0. The molecule has 102 valence electrons. The monoisotopic (exact) mass is 256 g/mol. The van der Waals surface area contributed by atoms with Crippen LogP contribution in [0.25, 0.3) is 0 Å². The van der Waals surface area contributed by atoms with E-state index in [4.69, 9.17) is 0 Å². The van der Waals surface area contributed by atoms with E-state index in [1.165, 1.54) is 0 Å². The van der Waals surface area contributed by atoms with E-state index in [1.807, 2.05) is 17.8 Å². The number of alkyl halides is 2. The SMILES string of the molecule is Cc1cn(C2CCC(F)(F)CC2)nc1C(C)(C)C. The second-order valence-corrected chi connectivity index (χ2v) is 6.48. The van der Waals surface area contributed by atoms with Gasteiger partial charge in [-0.2, -0.15) is 5.10 Å². The zero-order valence-corrected chi connectivity index (χ0v) is 11.6. The highest BCUT2D eigenvalue weighted by molar-refractivity contribution is 5.22. The van der Waals surface area contributed by atoms with Gasteiger partial charge in [0.2, 0.25) is 5.92 Å². The lowest BCUT2D eigenvalue weighted by molar-refractivity contribution is -0.0450. The van der Waals surface area contributed by atoms with Crippen LogP contribution in [0.5, 0.6) is 0 Å². The number of nitrogens with zero attached hydrogens (tertiary/aromatic N) is 2. The molecular weight excluding hydrogens is 234 g/mol. The minimum absolute atomic E-state index is 0.00787. The maximum absolute atomic E-state index is 13.1. The fourth-order valence-corrected chi connectivity index (χ4v) is 2.70. The van der Waals surface area contributed by atoms with Gasteiger partial charge < -0.3 is 0 Å². The van der Waals surface area contributed by atoms with Crippen LogP contribution in [-0.4, -0.2) is 15.7 Å². The highest BCUT2D eigenvalue weighted by Crippen LogP contribution is 2.38. The molecule has 1 saturated carbocycles. The third-order valence-electron chi connectivity index (χ3n) is 3.69. The van der Waals surface area contributed by atoms with Crippen molar-refractivity contribution >= 4 is 0 Å². The van der Waals surface area contributed by atoms with Gasteiger partial charge in [0.25, 0.3) is 0 Å². The largest absolute Gasteiger partial charge is 0.269 e. The fraction of sp³-hybridized carbons (Fsp3) is 0.786. The molecule has 0 aliphatic heterocycles. The van der Waals surface area contributed by atoms with Gasteiger partial charge in [0.05, 0.1) is 11.7 Å². The summed E-state index contributed by atoms with van der Waals surface area (Å²) in [4.78, 5) is 0. The minimum atomic E-state index is -2.47. The molecule has 18 heavy (non-hydrogen) atoms. The van der Waals surface area contributed by atoms with Crippen molar-refractivity contribution in [2.45, 2.75) is 70.8 Å². The average Bonchev–Trinajstić information content (AvgIpc) is 2.59. The van der Waals surface area contributed by atoms with Gasteiger partial charge in [0.15, 0.2) is 0 Å². The number of aryl methyl sites for hydroxylation is 1. The van der Waals surface area contributed by atoms with Crippen LogP contribution >= 0.6 is 0 Å². The van der Waals surface area contributed by atoms with Crippen molar-refractivity contribution < 1.29 is 8.78 Å². The highest BCUT2D eigenvalue weighted by Gasteiger charge is 2.36. The Bertz CT molecular complexity index is 419. The van der Waals surface area contributed by atoms with Crippen molar-refractivity contribution in [1.82, 2.24) is 9.78 Å². The normalized spacial score (nSPS) is 21.2. The van der Waals surface area contributed by atoms with E-state index in [-0.39, 0.29) is 24.3 Å². The van der Waals surface area contributed by atoms with E-state index in [0.29, 0.717) is 12.8 Å². The molecule has 1 fully saturated rings. The van der Waals surface area contributed by atoms with Crippen molar-refractivity contribution in [2.75, 3.05) is 0 Å². The van der Waals surface area contributed by atoms with Crippen LogP contribution in [0.4, 0.5) is 8.78 Å². The third-order valence-corrected chi connectivity index (χ3v) is 3.69. The summed E-state index contributed by atoms with van der Waals surface area (Å²) in [6.45, 7) is 8.42. The number of aromatic nitrogens is 2. The van der Waals surface area contributed by atoms with E-state index in [9.17, 15) is 8.78 Å². The first kappa shape index (κ1) is 13.5. The predicted octanol–water partition coefficient (Wildman–Crippen LogP) is 4.24. The van der Waals surface area contributed by atoms with E-state index < -0.39 is 5.92 Å².